The summed E-state index contributed by atoms with van der Waals surface area (Å²) >= 11 is 0. The monoisotopic (exact) mass is 456 g/mol. The lowest BCUT2D eigenvalue weighted by atomic mass is 9.95. The van der Waals surface area contributed by atoms with Crippen molar-refractivity contribution in [2.75, 3.05) is 19.5 Å². The standard InChI is InChI=1S/C26H21FN4O2.CH4/c1-32-22-12-11-17(13-23(22)33-2)30-26-29-15-16-14-28-25(20-9-5-6-10-21(20)27)19-8-4-3-7-18(19)24(16)31-26;/h3-13,15H,14H2,1-2H3,(H,29,30,31);1H4. The number of nitrogens with one attached hydrogen (secondary N) is 1. The van der Waals surface area contributed by atoms with Crippen LogP contribution >= 0.6 is 0 Å². The van der Waals surface area contributed by atoms with Crippen LogP contribution in [-0.2, 0) is 6.54 Å². The molecular weight excluding hydrogens is 431 g/mol. The Labute approximate surface area is 198 Å². The van der Waals surface area contributed by atoms with Crippen LogP contribution in [0.1, 0.15) is 24.1 Å². The van der Waals surface area contributed by atoms with Gasteiger partial charge in [-0.2, -0.15) is 0 Å². The molecule has 0 fully saturated rings. The number of aromatic nitrogens is 2. The first-order valence-electron chi connectivity index (χ1n) is 10.4. The molecular formula is C27H25FN4O2. The Balaban J connectivity index is 0.00000274. The van der Waals surface area contributed by atoms with Gasteiger partial charge >= 0.3 is 0 Å². The molecule has 3 aromatic carbocycles. The van der Waals surface area contributed by atoms with Crippen LogP contribution in [0.15, 0.2) is 77.9 Å². The van der Waals surface area contributed by atoms with Crippen molar-refractivity contribution in [1.29, 1.82) is 0 Å². The third kappa shape index (κ3) is 4.20. The number of halogens is 1. The van der Waals surface area contributed by atoms with Crippen molar-refractivity contribution in [2.45, 2.75) is 14.0 Å². The molecule has 5 rings (SSSR count). The second-order valence-corrected chi connectivity index (χ2v) is 7.45. The van der Waals surface area contributed by atoms with E-state index in [1.54, 1.807) is 32.5 Å². The van der Waals surface area contributed by atoms with Gasteiger partial charge in [0.1, 0.15) is 5.82 Å². The van der Waals surface area contributed by atoms with Gasteiger partial charge in [0.15, 0.2) is 11.5 Å². The Morgan fingerprint density at radius 3 is 2.29 bits per heavy atom. The van der Waals surface area contributed by atoms with E-state index in [1.165, 1.54) is 6.07 Å². The van der Waals surface area contributed by atoms with Crippen LogP contribution in [0, 0.1) is 5.82 Å². The van der Waals surface area contributed by atoms with Gasteiger partial charge in [-0.15, -0.1) is 0 Å². The maximum atomic E-state index is 14.6. The first-order chi connectivity index (χ1) is 16.2. The highest BCUT2D eigenvalue weighted by Gasteiger charge is 2.22. The molecule has 2 heterocycles. The lowest BCUT2D eigenvalue weighted by Crippen LogP contribution is -2.07. The summed E-state index contributed by atoms with van der Waals surface area (Å²) in [6.45, 7) is 0.352. The molecule has 1 aliphatic rings. The third-order valence-corrected chi connectivity index (χ3v) is 5.48. The normalized spacial score (nSPS) is 11.8. The van der Waals surface area contributed by atoms with E-state index in [-0.39, 0.29) is 13.2 Å². The van der Waals surface area contributed by atoms with Gasteiger partial charge in [0.2, 0.25) is 5.95 Å². The lowest BCUT2D eigenvalue weighted by Gasteiger charge is -2.13. The van der Waals surface area contributed by atoms with Gasteiger partial charge in [-0.1, -0.05) is 43.8 Å². The van der Waals surface area contributed by atoms with E-state index < -0.39 is 0 Å². The molecule has 0 spiro atoms. The maximum Gasteiger partial charge on any atom is 0.227 e. The highest BCUT2D eigenvalue weighted by Crippen LogP contribution is 2.34. The predicted molar refractivity (Wildman–Crippen MR) is 133 cm³/mol. The number of benzene rings is 3. The summed E-state index contributed by atoms with van der Waals surface area (Å²) in [6, 6.07) is 20.0. The molecule has 0 aliphatic carbocycles. The molecule has 6 nitrogen and oxygen atoms in total. The van der Waals surface area contributed by atoms with Crippen LogP contribution in [0.25, 0.3) is 11.3 Å². The quantitative estimate of drug-likeness (QED) is 0.397. The molecule has 0 unspecified atom stereocenters. The van der Waals surface area contributed by atoms with Gasteiger partial charge < -0.3 is 14.8 Å². The molecule has 1 N–H and O–H groups in total. The van der Waals surface area contributed by atoms with Gasteiger partial charge in [0.05, 0.1) is 32.2 Å². The smallest absolute Gasteiger partial charge is 0.227 e. The largest absolute Gasteiger partial charge is 0.493 e. The van der Waals surface area contributed by atoms with Crippen molar-refractivity contribution < 1.29 is 13.9 Å². The Hall–Kier alpha value is -4.26. The number of ether oxygens (including phenoxy) is 2. The van der Waals surface area contributed by atoms with E-state index in [1.807, 2.05) is 48.5 Å². The van der Waals surface area contributed by atoms with Crippen molar-refractivity contribution in [3.8, 4) is 22.8 Å². The summed E-state index contributed by atoms with van der Waals surface area (Å²) in [7, 11) is 3.18. The van der Waals surface area contributed by atoms with E-state index in [0.717, 1.165) is 28.1 Å². The van der Waals surface area contributed by atoms with Crippen molar-refractivity contribution >= 4 is 17.3 Å². The van der Waals surface area contributed by atoms with Crippen LogP contribution in [0.2, 0.25) is 0 Å². The summed E-state index contributed by atoms with van der Waals surface area (Å²) in [5, 5.41) is 3.23. The molecule has 0 atom stereocenters. The highest BCUT2D eigenvalue weighted by atomic mass is 19.1. The van der Waals surface area contributed by atoms with E-state index in [0.29, 0.717) is 35.3 Å². The van der Waals surface area contributed by atoms with E-state index >= 15 is 0 Å². The molecule has 0 saturated heterocycles. The maximum absolute atomic E-state index is 14.6. The van der Waals surface area contributed by atoms with Gasteiger partial charge in [0, 0.05) is 40.2 Å². The Morgan fingerprint density at radius 2 is 1.56 bits per heavy atom. The average molecular weight is 457 g/mol. The van der Waals surface area contributed by atoms with Gasteiger partial charge in [-0.05, 0) is 24.3 Å². The molecule has 1 aliphatic heterocycles. The minimum Gasteiger partial charge on any atom is -0.493 e. The molecule has 1 aromatic heterocycles. The number of methoxy groups -OCH3 is 2. The number of hydrogen-bond donors (Lipinski definition) is 1. The van der Waals surface area contributed by atoms with Gasteiger partial charge in [-0.3, -0.25) is 4.99 Å². The number of aliphatic imine (C=N–C) groups is 1. The zero-order valence-electron chi connectivity index (χ0n) is 18.2. The number of nitrogens with zero attached hydrogens (tertiary/aromatic N) is 3. The molecule has 7 heteroatoms. The molecule has 0 radical (unpaired) electrons. The number of rotatable bonds is 5. The molecule has 34 heavy (non-hydrogen) atoms. The summed E-state index contributed by atoms with van der Waals surface area (Å²) in [6.07, 6.45) is 1.76. The zero-order chi connectivity index (χ0) is 22.8. The van der Waals surface area contributed by atoms with Gasteiger partial charge in [-0.25, -0.2) is 14.4 Å². The topological polar surface area (TPSA) is 68.6 Å². The predicted octanol–water partition coefficient (Wildman–Crippen LogP) is 6.03. The van der Waals surface area contributed by atoms with Crippen molar-refractivity contribution in [3.05, 3.63) is 95.4 Å². The Morgan fingerprint density at radius 1 is 0.853 bits per heavy atom. The minimum atomic E-state index is -0.307. The third-order valence-electron chi connectivity index (χ3n) is 5.48. The fraction of sp³-hybridized carbons (Fsp3) is 0.148. The average Bonchev–Trinajstić information content (AvgIpc) is 3.01. The zero-order valence-corrected chi connectivity index (χ0v) is 18.2. The minimum absolute atomic E-state index is 0. The second-order valence-electron chi connectivity index (χ2n) is 7.45. The lowest BCUT2D eigenvalue weighted by molar-refractivity contribution is 0.355. The van der Waals surface area contributed by atoms with E-state index in [2.05, 4.69) is 10.3 Å². The molecule has 0 saturated carbocycles. The first-order valence-corrected chi connectivity index (χ1v) is 10.4. The van der Waals surface area contributed by atoms with Crippen molar-refractivity contribution in [2.24, 2.45) is 4.99 Å². The molecule has 4 aromatic rings. The SMILES string of the molecule is C.COc1ccc(Nc2ncc3c(n2)-c2ccccc2C(c2ccccc2F)=NC3)cc1OC. The fourth-order valence-corrected chi connectivity index (χ4v) is 3.89. The van der Waals surface area contributed by atoms with Gasteiger partial charge in [0.25, 0.3) is 0 Å². The second kappa shape index (κ2) is 9.70. The summed E-state index contributed by atoms with van der Waals surface area (Å²) < 4.78 is 25.3. The van der Waals surface area contributed by atoms with Crippen molar-refractivity contribution in [1.82, 2.24) is 9.97 Å². The Kier molecular flexibility index (Phi) is 6.54. The molecule has 0 amide bonds. The van der Waals surface area contributed by atoms with Crippen LogP contribution in [-0.4, -0.2) is 29.9 Å². The van der Waals surface area contributed by atoms with Crippen LogP contribution < -0.4 is 14.8 Å². The first kappa shape index (κ1) is 22.9. The summed E-state index contributed by atoms with van der Waals surface area (Å²) in [5.74, 6) is 1.37. The molecule has 0 bridgehead atoms. The number of anilines is 2. The summed E-state index contributed by atoms with van der Waals surface area (Å²) in [4.78, 5) is 14.0. The number of hydrogen-bond acceptors (Lipinski definition) is 6. The molecule has 172 valence electrons. The highest BCUT2D eigenvalue weighted by molar-refractivity contribution is 6.16. The van der Waals surface area contributed by atoms with E-state index in [4.69, 9.17) is 19.5 Å². The Bertz CT molecular complexity index is 1370. The van der Waals surface area contributed by atoms with Crippen LogP contribution in [0.5, 0.6) is 11.5 Å². The fourth-order valence-electron chi connectivity index (χ4n) is 3.89. The van der Waals surface area contributed by atoms with E-state index in [9.17, 15) is 4.39 Å². The van der Waals surface area contributed by atoms with Crippen LogP contribution in [0.4, 0.5) is 16.0 Å². The van der Waals surface area contributed by atoms with Crippen molar-refractivity contribution in [3.63, 3.8) is 0 Å². The number of fused-ring (bicyclic) bond motifs is 3. The summed E-state index contributed by atoms with van der Waals surface area (Å²) in [5.41, 5.74) is 5.18. The van der Waals surface area contributed by atoms with Crippen LogP contribution in [0.3, 0.4) is 0 Å².